The molecular formula is C23H25N3O3. The first kappa shape index (κ1) is 19.2. The average Bonchev–Trinajstić information content (AvgIpc) is 3.40. The van der Waals surface area contributed by atoms with Crippen molar-refractivity contribution in [2.24, 2.45) is 0 Å². The second-order valence-corrected chi connectivity index (χ2v) is 7.24. The predicted octanol–water partition coefficient (Wildman–Crippen LogP) is 3.23. The first-order chi connectivity index (χ1) is 14.2. The predicted molar refractivity (Wildman–Crippen MR) is 111 cm³/mol. The molecule has 0 radical (unpaired) electrons. The van der Waals surface area contributed by atoms with Crippen LogP contribution in [0.2, 0.25) is 0 Å². The van der Waals surface area contributed by atoms with Crippen LogP contribution in [0.25, 0.3) is 11.3 Å². The normalized spacial score (nSPS) is 13.3. The lowest BCUT2D eigenvalue weighted by molar-refractivity contribution is 0.0916. The molecule has 0 unspecified atom stereocenters. The van der Waals surface area contributed by atoms with Crippen molar-refractivity contribution in [1.82, 2.24) is 15.8 Å². The summed E-state index contributed by atoms with van der Waals surface area (Å²) in [4.78, 5) is 12.3. The number of hydrogen-bond acceptors (Lipinski definition) is 5. The summed E-state index contributed by atoms with van der Waals surface area (Å²) in [6.45, 7) is 1.45. The van der Waals surface area contributed by atoms with Gasteiger partial charge in [0.25, 0.3) is 5.91 Å². The van der Waals surface area contributed by atoms with E-state index < -0.39 is 0 Å². The third-order valence-electron chi connectivity index (χ3n) is 5.24. The zero-order chi connectivity index (χ0) is 20.1. The number of hydrogen-bond donors (Lipinski definition) is 2. The lowest BCUT2D eigenvalue weighted by Crippen LogP contribution is -2.33. The number of rotatable bonds is 8. The minimum Gasteiger partial charge on any atom is -0.497 e. The van der Waals surface area contributed by atoms with Gasteiger partial charge in [0, 0.05) is 24.2 Å². The Hall–Kier alpha value is -3.12. The number of amides is 1. The lowest BCUT2D eigenvalue weighted by atomic mass is 10.1. The molecule has 3 aromatic rings. The summed E-state index contributed by atoms with van der Waals surface area (Å²) in [6.07, 6.45) is 3.02. The highest BCUT2D eigenvalue weighted by atomic mass is 16.5. The molecule has 0 bridgehead atoms. The van der Waals surface area contributed by atoms with Gasteiger partial charge in [-0.05, 0) is 61.2 Å². The van der Waals surface area contributed by atoms with Gasteiger partial charge in [0.15, 0.2) is 0 Å². The van der Waals surface area contributed by atoms with E-state index in [0.29, 0.717) is 18.3 Å². The summed E-state index contributed by atoms with van der Waals surface area (Å²) in [5, 5.41) is 10.5. The van der Waals surface area contributed by atoms with Gasteiger partial charge in [-0.25, -0.2) is 0 Å². The summed E-state index contributed by atoms with van der Waals surface area (Å²) in [7, 11) is 1.62. The molecule has 0 saturated heterocycles. The second kappa shape index (κ2) is 8.92. The van der Waals surface area contributed by atoms with Crippen molar-refractivity contribution in [3.05, 3.63) is 71.5 Å². The summed E-state index contributed by atoms with van der Waals surface area (Å²) in [5.74, 6) is 0.742. The number of nitrogens with zero attached hydrogens (tertiary/aromatic N) is 1. The second-order valence-electron chi connectivity index (χ2n) is 7.24. The van der Waals surface area contributed by atoms with Gasteiger partial charge >= 0.3 is 0 Å². The molecule has 1 heterocycles. The molecule has 2 aromatic carbocycles. The van der Waals surface area contributed by atoms with E-state index in [1.807, 2.05) is 24.3 Å². The van der Waals surface area contributed by atoms with Gasteiger partial charge in [0.2, 0.25) is 5.76 Å². The Morgan fingerprint density at radius 3 is 2.52 bits per heavy atom. The monoisotopic (exact) mass is 391 g/mol. The fraction of sp³-hybridized carbons (Fsp3) is 0.304. The third kappa shape index (κ3) is 4.66. The maximum atomic E-state index is 12.3. The van der Waals surface area contributed by atoms with E-state index in [1.165, 1.54) is 11.1 Å². The number of carbonyl (C=O) groups is 1. The first-order valence-electron chi connectivity index (χ1n) is 9.92. The fourth-order valence-corrected chi connectivity index (χ4v) is 3.67. The minimum atomic E-state index is -0.245. The van der Waals surface area contributed by atoms with E-state index in [9.17, 15) is 4.79 Å². The smallest absolute Gasteiger partial charge is 0.289 e. The van der Waals surface area contributed by atoms with E-state index in [0.717, 1.165) is 37.1 Å². The summed E-state index contributed by atoms with van der Waals surface area (Å²) in [5.41, 5.74) is 4.38. The van der Waals surface area contributed by atoms with E-state index in [2.05, 4.69) is 40.1 Å². The molecule has 1 aliphatic carbocycles. The molecule has 1 amide bonds. The van der Waals surface area contributed by atoms with Gasteiger partial charge in [-0.2, -0.15) is 0 Å². The van der Waals surface area contributed by atoms with Crippen LogP contribution in [-0.4, -0.2) is 37.3 Å². The van der Waals surface area contributed by atoms with Crippen molar-refractivity contribution < 1.29 is 14.1 Å². The van der Waals surface area contributed by atoms with Crippen LogP contribution in [0.1, 0.15) is 28.1 Å². The molecule has 0 atom stereocenters. The highest BCUT2D eigenvalue weighted by Gasteiger charge is 2.20. The maximum absolute atomic E-state index is 12.3. The number of aromatic nitrogens is 1. The molecule has 0 spiro atoms. The quantitative estimate of drug-likeness (QED) is 0.577. The Balaban J connectivity index is 1.19. The molecule has 6 nitrogen and oxygen atoms in total. The maximum Gasteiger partial charge on any atom is 0.289 e. The molecule has 0 aliphatic heterocycles. The van der Waals surface area contributed by atoms with Crippen LogP contribution < -0.4 is 15.4 Å². The van der Waals surface area contributed by atoms with Gasteiger partial charge in [0.05, 0.1) is 7.11 Å². The number of ether oxygens (including phenoxy) is 1. The van der Waals surface area contributed by atoms with Gasteiger partial charge < -0.3 is 19.9 Å². The highest BCUT2D eigenvalue weighted by Crippen LogP contribution is 2.22. The van der Waals surface area contributed by atoms with Crippen LogP contribution in [0.4, 0.5) is 0 Å². The van der Waals surface area contributed by atoms with Crippen molar-refractivity contribution in [3.63, 3.8) is 0 Å². The molecule has 0 fully saturated rings. The van der Waals surface area contributed by atoms with Crippen LogP contribution in [0.15, 0.2) is 59.1 Å². The molecule has 150 valence electrons. The Morgan fingerprint density at radius 1 is 1.10 bits per heavy atom. The average molecular weight is 391 g/mol. The number of benzene rings is 2. The molecule has 4 rings (SSSR count). The van der Waals surface area contributed by atoms with Gasteiger partial charge in [-0.3, -0.25) is 4.79 Å². The Morgan fingerprint density at radius 2 is 1.83 bits per heavy atom. The van der Waals surface area contributed by atoms with Crippen LogP contribution in [0.5, 0.6) is 5.75 Å². The zero-order valence-corrected chi connectivity index (χ0v) is 16.5. The van der Waals surface area contributed by atoms with Gasteiger partial charge in [-0.1, -0.05) is 29.4 Å². The standard InChI is InChI=1S/C23H25N3O3/c1-28-20-9-7-16(8-10-20)21-15-22(29-26-21)23(27)25-12-4-11-24-19-13-17-5-2-3-6-18(17)14-19/h2-3,5-10,15,19,24H,4,11-14H2,1H3,(H,25,27). The highest BCUT2D eigenvalue weighted by molar-refractivity contribution is 5.92. The summed E-state index contributed by atoms with van der Waals surface area (Å²) >= 11 is 0. The van der Waals surface area contributed by atoms with E-state index in [-0.39, 0.29) is 11.7 Å². The third-order valence-corrected chi connectivity index (χ3v) is 5.24. The van der Waals surface area contributed by atoms with Crippen molar-refractivity contribution in [3.8, 4) is 17.0 Å². The first-order valence-corrected chi connectivity index (χ1v) is 9.92. The Kier molecular flexibility index (Phi) is 5.91. The minimum absolute atomic E-state index is 0.218. The van der Waals surface area contributed by atoms with Crippen molar-refractivity contribution in [1.29, 1.82) is 0 Å². The fourth-order valence-electron chi connectivity index (χ4n) is 3.67. The van der Waals surface area contributed by atoms with E-state index in [4.69, 9.17) is 9.26 Å². The van der Waals surface area contributed by atoms with E-state index >= 15 is 0 Å². The van der Waals surface area contributed by atoms with Crippen molar-refractivity contribution in [2.75, 3.05) is 20.2 Å². The molecule has 29 heavy (non-hydrogen) atoms. The number of carbonyl (C=O) groups excluding carboxylic acids is 1. The van der Waals surface area contributed by atoms with Crippen LogP contribution in [-0.2, 0) is 12.8 Å². The topological polar surface area (TPSA) is 76.4 Å². The van der Waals surface area contributed by atoms with Crippen molar-refractivity contribution in [2.45, 2.75) is 25.3 Å². The number of nitrogens with one attached hydrogen (secondary N) is 2. The molecule has 0 saturated carbocycles. The number of fused-ring (bicyclic) bond motifs is 1. The molecule has 6 heteroatoms. The van der Waals surface area contributed by atoms with Gasteiger partial charge in [0.1, 0.15) is 11.4 Å². The number of methoxy groups -OCH3 is 1. The van der Waals surface area contributed by atoms with Gasteiger partial charge in [-0.15, -0.1) is 0 Å². The molecule has 1 aliphatic rings. The van der Waals surface area contributed by atoms with Crippen LogP contribution in [0, 0.1) is 0 Å². The van der Waals surface area contributed by atoms with Crippen LogP contribution >= 0.6 is 0 Å². The lowest BCUT2D eigenvalue weighted by Gasteiger charge is -2.11. The molecular weight excluding hydrogens is 366 g/mol. The SMILES string of the molecule is COc1ccc(-c2cc(C(=O)NCCCNC3Cc4ccccc4C3)on2)cc1. The Labute approximate surface area is 170 Å². The van der Waals surface area contributed by atoms with E-state index in [1.54, 1.807) is 13.2 Å². The van der Waals surface area contributed by atoms with Crippen LogP contribution in [0.3, 0.4) is 0 Å². The van der Waals surface area contributed by atoms with Crippen molar-refractivity contribution >= 4 is 5.91 Å². The summed E-state index contributed by atoms with van der Waals surface area (Å²) < 4.78 is 10.4. The largest absolute Gasteiger partial charge is 0.497 e. The molecule has 2 N–H and O–H groups in total. The Bertz CT molecular complexity index is 941. The zero-order valence-electron chi connectivity index (χ0n) is 16.5. The molecule has 1 aromatic heterocycles. The summed E-state index contributed by atoms with van der Waals surface area (Å²) in [6, 6.07) is 18.2.